The number of amides is 1. The number of hydrogen-bond acceptors (Lipinski definition) is 4. The molecule has 0 aliphatic heterocycles. The zero-order valence-corrected chi connectivity index (χ0v) is 17.9. The van der Waals surface area contributed by atoms with E-state index in [-0.39, 0.29) is 24.0 Å². The molecule has 0 bridgehead atoms. The van der Waals surface area contributed by atoms with Crippen LogP contribution in [0.25, 0.3) is 0 Å². The van der Waals surface area contributed by atoms with Gasteiger partial charge in [0.25, 0.3) is 0 Å². The first-order chi connectivity index (χ1) is 12.6. The van der Waals surface area contributed by atoms with Crippen LogP contribution in [0.5, 0.6) is 5.75 Å². The standard InChI is InChI=1S/C19H24N4O3.HI/c1-20-18(22-13-15-5-4-6-17(11-15)25-2)21-12-14-7-9-16(10-8-14)23-19(24)26-3;/h4-11H,12-13H2,1-3H3,(H,23,24)(H2,20,21,22);1H. The van der Waals surface area contributed by atoms with Crippen molar-refractivity contribution in [3.63, 3.8) is 0 Å². The molecule has 2 rings (SSSR count). The third-order valence-corrected chi connectivity index (χ3v) is 3.66. The summed E-state index contributed by atoms with van der Waals surface area (Å²) in [5, 5.41) is 9.13. The molecule has 0 spiro atoms. The maximum Gasteiger partial charge on any atom is 0.411 e. The van der Waals surface area contributed by atoms with E-state index in [1.165, 1.54) is 7.11 Å². The minimum absolute atomic E-state index is 0. The molecular weight excluding hydrogens is 459 g/mol. The maximum absolute atomic E-state index is 11.2. The molecule has 0 heterocycles. The smallest absolute Gasteiger partial charge is 0.411 e. The van der Waals surface area contributed by atoms with E-state index in [1.54, 1.807) is 14.2 Å². The van der Waals surface area contributed by atoms with Crippen LogP contribution in [-0.4, -0.2) is 33.3 Å². The normalized spacial score (nSPS) is 10.4. The van der Waals surface area contributed by atoms with Gasteiger partial charge in [0, 0.05) is 25.8 Å². The summed E-state index contributed by atoms with van der Waals surface area (Å²) >= 11 is 0. The Balaban J connectivity index is 0.00000364. The molecule has 0 aromatic heterocycles. The van der Waals surface area contributed by atoms with Crippen LogP contribution in [-0.2, 0) is 17.8 Å². The fraction of sp³-hybridized carbons (Fsp3) is 0.263. The van der Waals surface area contributed by atoms with Gasteiger partial charge in [0.2, 0.25) is 0 Å². The summed E-state index contributed by atoms with van der Waals surface area (Å²) in [4.78, 5) is 15.4. The molecule has 146 valence electrons. The van der Waals surface area contributed by atoms with Crippen LogP contribution in [0, 0.1) is 0 Å². The highest BCUT2D eigenvalue weighted by atomic mass is 127. The van der Waals surface area contributed by atoms with Gasteiger partial charge in [0.15, 0.2) is 5.96 Å². The summed E-state index contributed by atoms with van der Waals surface area (Å²) in [6.07, 6.45) is -0.488. The molecule has 0 saturated carbocycles. The van der Waals surface area contributed by atoms with Crippen LogP contribution in [0.2, 0.25) is 0 Å². The number of halogens is 1. The van der Waals surface area contributed by atoms with Crippen molar-refractivity contribution in [2.45, 2.75) is 13.1 Å². The van der Waals surface area contributed by atoms with Gasteiger partial charge in [-0.15, -0.1) is 24.0 Å². The highest BCUT2D eigenvalue weighted by molar-refractivity contribution is 14.0. The van der Waals surface area contributed by atoms with Crippen molar-refractivity contribution in [3.8, 4) is 5.75 Å². The molecule has 0 radical (unpaired) electrons. The first-order valence-corrected chi connectivity index (χ1v) is 8.16. The van der Waals surface area contributed by atoms with Crippen LogP contribution >= 0.6 is 24.0 Å². The zero-order chi connectivity index (χ0) is 18.8. The second-order valence-electron chi connectivity index (χ2n) is 5.44. The van der Waals surface area contributed by atoms with Crippen LogP contribution in [0.1, 0.15) is 11.1 Å². The largest absolute Gasteiger partial charge is 0.497 e. The summed E-state index contributed by atoms with van der Waals surface area (Å²) in [6, 6.07) is 15.4. The predicted octanol–water partition coefficient (Wildman–Crippen LogP) is 3.36. The third-order valence-electron chi connectivity index (χ3n) is 3.66. The van der Waals surface area contributed by atoms with Crippen LogP contribution in [0.15, 0.2) is 53.5 Å². The number of ether oxygens (including phenoxy) is 2. The summed E-state index contributed by atoms with van der Waals surface area (Å²) in [5.74, 6) is 1.53. The Kier molecular flexibility index (Phi) is 10.0. The molecule has 0 unspecified atom stereocenters. The maximum atomic E-state index is 11.2. The average Bonchev–Trinajstić information content (AvgIpc) is 2.69. The molecule has 7 nitrogen and oxygen atoms in total. The van der Waals surface area contributed by atoms with Crippen molar-refractivity contribution in [2.75, 3.05) is 26.6 Å². The monoisotopic (exact) mass is 484 g/mol. The second kappa shape index (κ2) is 12.0. The zero-order valence-electron chi connectivity index (χ0n) is 15.6. The number of hydrogen-bond donors (Lipinski definition) is 3. The van der Waals surface area contributed by atoms with Crippen molar-refractivity contribution < 1.29 is 14.3 Å². The molecule has 1 amide bonds. The molecule has 8 heteroatoms. The summed E-state index contributed by atoms with van der Waals surface area (Å²) in [5.41, 5.74) is 2.84. The van der Waals surface area contributed by atoms with E-state index < -0.39 is 6.09 Å². The average molecular weight is 484 g/mol. The van der Waals surface area contributed by atoms with Gasteiger partial charge in [-0.3, -0.25) is 10.3 Å². The number of aliphatic imine (C=N–C) groups is 1. The van der Waals surface area contributed by atoms with Crippen molar-refractivity contribution >= 4 is 41.7 Å². The summed E-state index contributed by atoms with van der Waals surface area (Å²) in [6.45, 7) is 1.25. The van der Waals surface area contributed by atoms with Crippen LogP contribution in [0.4, 0.5) is 10.5 Å². The molecular formula is C19H25IN4O3. The lowest BCUT2D eigenvalue weighted by Crippen LogP contribution is -2.36. The van der Waals surface area contributed by atoms with E-state index in [1.807, 2.05) is 48.5 Å². The minimum Gasteiger partial charge on any atom is -0.497 e. The van der Waals surface area contributed by atoms with Gasteiger partial charge in [-0.1, -0.05) is 24.3 Å². The van der Waals surface area contributed by atoms with Crippen molar-refractivity contribution in [1.29, 1.82) is 0 Å². The van der Waals surface area contributed by atoms with E-state index in [2.05, 4.69) is 25.7 Å². The Morgan fingerprint density at radius 2 is 1.67 bits per heavy atom. The number of carbonyl (C=O) groups excluding carboxylic acids is 1. The highest BCUT2D eigenvalue weighted by Crippen LogP contribution is 2.12. The van der Waals surface area contributed by atoms with Gasteiger partial charge >= 0.3 is 6.09 Å². The van der Waals surface area contributed by atoms with E-state index in [9.17, 15) is 4.79 Å². The lowest BCUT2D eigenvalue weighted by Gasteiger charge is -2.13. The predicted molar refractivity (Wildman–Crippen MR) is 118 cm³/mol. The molecule has 3 N–H and O–H groups in total. The first kappa shape index (κ1) is 22.6. The van der Waals surface area contributed by atoms with Crippen molar-refractivity contribution in [3.05, 3.63) is 59.7 Å². The number of nitrogens with one attached hydrogen (secondary N) is 3. The number of guanidine groups is 1. The van der Waals surface area contributed by atoms with Crippen molar-refractivity contribution in [2.24, 2.45) is 4.99 Å². The number of methoxy groups -OCH3 is 2. The van der Waals surface area contributed by atoms with Gasteiger partial charge < -0.3 is 20.1 Å². The molecule has 2 aromatic carbocycles. The van der Waals surface area contributed by atoms with E-state index >= 15 is 0 Å². The molecule has 2 aromatic rings. The first-order valence-electron chi connectivity index (χ1n) is 8.16. The number of anilines is 1. The Bertz CT molecular complexity index is 751. The highest BCUT2D eigenvalue weighted by Gasteiger charge is 2.02. The van der Waals surface area contributed by atoms with Gasteiger partial charge in [0.05, 0.1) is 14.2 Å². The quantitative estimate of drug-likeness (QED) is 0.333. The number of rotatable bonds is 6. The number of nitrogens with zero attached hydrogens (tertiary/aromatic N) is 1. The third kappa shape index (κ3) is 7.73. The summed E-state index contributed by atoms with van der Waals surface area (Å²) < 4.78 is 9.79. The molecule has 27 heavy (non-hydrogen) atoms. The Morgan fingerprint density at radius 1 is 1.00 bits per heavy atom. The van der Waals surface area contributed by atoms with Crippen molar-refractivity contribution in [1.82, 2.24) is 10.6 Å². The van der Waals surface area contributed by atoms with Crippen LogP contribution < -0.4 is 20.7 Å². The molecule has 0 fully saturated rings. The van der Waals surface area contributed by atoms with E-state index in [0.717, 1.165) is 16.9 Å². The van der Waals surface area contributed by atoms with Gasteiger partial charge in [-0.05, 0) is 35.4 Å². The Morgan fingerprint density at radius 3 is 2.26 bits per heavy atom. The van der Waals surface area contributed by atoms with E-state index in [0.29, 0.717) is 24.7 Å². The number of carbonyl (C=O) groups is 1. The SMILES string of the molecule is CN=C(NCc1ccc(NC(=O)OC)cc1)NCc1cccc(OC)c1.I. The van der Waals surface area contributed by atoms with Gasteiger partial charge in [-0.2, -0.15) is 0 Å². The molecule has 0 aliphatic rings. The van der Waals surface area contributed by atoms with Gasteiger partial charge in [0.1, 0.15) is 5.75 Å². The number of benzene rings is 2. The van der Waals surface area contributed by atoms with Gasteiger partial charge in [-0.25, -0.2) is 4.79 Å². The summed E-state index contributed by atoms with van der Waals surface area (Å²) in [7, 11) is 4.71. The molecule has 0 aliphatic carbocycles. The van der Waals surface area contributed by atoms with Crippen LogP contribution in [0.3, 0.4) is 0 Å². The fourth-order valence-electron chi connectivity index (χ4n) is 2.25. The fourth-order valence-corrected chi connectivity index (χ4v) is 2.25. The Hall–Kier alpha value is -2.49. The Labute approximate surface area is 176 Å². The molecule has 0 saturated heterocycles. The lowest BCUT2D eigenvalue weighted by molar-refractivity contribution is 0.187. The minimum atomic E-state index is -0.488. The topological polar surface area (TPSA) is 84.0 Å². The molecule has 0 atom stereocenters. The van der Waals surface area contributed by atoms with E-state index in [4.69, 9.17) is 4.74 Å². The second-order valence-corrected chi connectivity index (χ2v) is 5.44. The lowest BCUT2D eigenvalue weighted by atomic mass is 10.2.